The predicted molar refractivity (Wildman–Crippen MR) is 78.1 cm³/mol. The first-order valence-electron chi connectivity index (χ1n) is 6.45. The van der Waals surface area contributed by atoms with E-state index in [2.05, 4.69) is 33.2 Å². The molecule has 0 aromatic carbocycles. The van der Waals surface area contributed by atoms with Crippen LogP contribution in [0.4, 0.5) is 0 Å². The van der Waals surface area contributed by atoms with Gasteiger partial charge in [0, 0.05) is 17.6 Å². The van der Waals surface area contributed by atoms with Gasteiger partial charge in [0.15, 0.2) is 0 Å². The van der Waals surface area contributed by atoms with Crippen molar-refractivity contribution in [2.75, 3.05) is 11.9 Å². The zero-order valence-electron chi connectivity index (χ0n) is 11.1. The van der Waals surface area contributed by atoms with Crippen molar-refractivity contribution in [1.82, 2.24) is 10.3 Å². The summed E-state index contributed by atoms with van der Waals surface area (Å²) in [5, 5.41) is 3.96. The van der Waals surface area contributed by atoms with Gasteiger partial charge in [0.05, 0.1) is 0 Å². The van der Waals surface area contributed by atoms with Gasteiger partial charge in [-0.15, -0.1) is 0 Å². The van der Waals surface area contributed by atoms with Crippen LogP contribution in [0, 0.1) is 12.8 Å². The highest BCUT2D eigenvalue weighted by Crippen LogP contribution is 2.11. The molecule has 0 aliphatic heterocycles. The number of carbonyl (C=O) groups excluding carboxylic acids is 1. The molecule has 0 bridgehead atoms. The van der Waals surface area contributed by atoms with E-state index < -0.39 is 0 Å². The molecule has 0 saturated heterocycles. The molecule has 0 radical (unpaired) electrons. The predicted octanol–water partition coefficient (Wildman–Crippen LogP) is 3.32. The fourth-order valence-electron chi connectivity index (χ4n) is 1.91. The number of alkyl halides is 1. The third kappa shape index (κ3) is 5.17. The molecule has 0 fully saturated rings. The van der Waals surface area contributed by atoms with Crippen molar-refractivity contribution in [3.8, 4) is 0 Å². The Balaban J connectivity index is 2.49. The van der Waals surface area contributed by atoms with E-state index in [9.17, 15) is 4.79 Å². The number of amides is 1. The lowest BCUT2D eigenvalue weighted by atomic mass is 10.0. The van der Waals surface area contributed by atoms with Crippen molar-refractivity contribution >= 4 is 21.8 Å². The van der Waals surface area contributed by atoms with E-state index in [1.807, 2.05) is 19.1 Å². The minimum atomic E-state index is -0.0747. The van der Waals surface area contributed by atoms with Crippen molar-refractivity contribution in [1.29, 1.82) is 0 Å². The molecule has 3 nitrogen and oxygen atoms in total. The SMILES string of the molecule is CCCC(CCBr)CNC(=O)c1cccc(C)n1. The normalized spacial score (nSPS) is 12.2. The maximum atomic E-state index is 11.9. The number of aryl methyl sites for hydroxylation is 1. The van der Waals surface area contributed by atoms with Crippen molar-refractivity contribution in [3.05, 3.63) is 29.6 Å². The second-order valence-electron chi connectivity index (χ2n) is 4.51. The first kappa shape index (κ1) is 15.2. The average Bonchev–Trinajstić information content (AvgIpc) is 2.36. The van der Waals surface area contributed by atoms with Gasteiger partial charge in [0.1, 0.15) is 5.69 Å². The Hall–Kier alpha value is -0.900. The van der Waals surface area contributed by atoms with Crippen LogP contribution in [0.15, 0.2) is 18.2 Å². The molecule has 0 aliphatic carbocycles. The topological polar surface area (TPSA) is 42.0 Å². The molecule has 1 N–H and O–H groups in total. The van der Waals surface area contributed by atoms with Crippen molar-refractivity contribution in [2.24, 2.45) is 5.92 Å². The van der Waals surface area contributed by atoms with E-state index in [1.165, 1.54) is 0 Å². The first-order chi connectivity index (χ1) is 8.67. The summed E-state index contributed by atoms with van der Waals surface area (Å²) in [6.45, 7) is 4.79. The van der Waals surface area contributed by atoms with Crippen molar-refractivity contribution in [3.63, 3.8) is 0 Å². The number of aromatic nitrogens is 1. The van der Waals surface area contributed by atoms with Crippen LogP contribution in [0.25, 0.3) is 0 Å². The summed E-state index contributed by atoms with van der Waals surface area (Å²) in [5.41, 5.74) is 1.37. The quantitative estimate of drug-likeness (QED) is 0.785. The Morgan fingerprint density at radius 1 is 1.44 bits per heavy atom. The lowest BCUT2D eigenvalue weighted by Crippen LogP contribution is -2.30. The fraction of sp³-hybridized carbons (Fsp3) is 0.571. The van der Waals surface area contributed by atoms with E-state index in [0.717, 1.165) is 36.8 Å². The maximum absolute atomic E-state index is 11.9. The molecule has 1 atom stereocenters. The van der Waals surface area contributed by atoms with E-state index in [-0.39, 0.29) is 5.91 Å². The van der Waals surface area contributed by atoms with Crippen LogP contribution < -0.4 is 5.32 Å². The number of carbonyl (C=O) groups is 1. The summed E-state index contributed by atoms with van der Waals surface area (Å²) in [6, 6.07) is 5.50. The maximum Gasteiger partial charge on any atom is 0.269 e. The Kier molecular flexibility index (Phi) is 6.94. The standard InChI is InChI=1S/C14H21BrN2O/c1-3-5-12(8-9-15)10-16-14(18)13-7-4-6-11(2)17-13/h4,6-7,12H,3,5,8-10H2,1-2H3,(H,16,18). The van der Waals surface area contributed by atoms with Crippen LogP contribution in [0.1, 0.15) is 42.4 Å². The second kappa shape index (κ2) is 8.25. The zero-order valence-corrected chi connectivity index (χ0v) is 12.7. The van der Waals surface area contributed by atoms with Gasteiger partial charge >= 0.3 is 0 Å². The van der Waals surface area contributed by atoms with Crippen LogP contribution in [0.5, 0.6) is 0 Å². The molecule has 1 unspecified atom stereocenters. The average molecular weight is 313 g/mol. The number of pyridine rings is 1. The van der Waals surface area contributed by atoms with E-state index in [4.69, 9.17) is 0 Å². The van der Waals surface area contributed by atoms with Gasteiger partial charge in [-0.25, -0.2) is 4.98 Å². The molecule has 1 rings (SSSR count). The molecule has 1 heterocycles. The molecular formula is C14H21BrN2O. The van der Waals surface area contributed by atoms with Gasteiger partial charge in [-0.1, -0.05) is 35.3 Å². The number of hydrogen-bond donors (Lipinski definition) is 1. The highest BCUT2D eigenvalue weighted by Gasteiger charge is 2.11. The molecule has 100 valence electrons. The summed E-state index contributed by atoms with van der Waals surface area (Å²) in [7, 11) is 0. The minimum Gasteiger partial charge on any atom is -0.350 e. The number of nitrogens with zero attached hydrogens (tertiary/aromatic N) is 1. The summed E-state index contributed by atoms with van der Waals surface area (Å²) in [4.78, 5) is 16.1. The smallest absolute Gasteiger partial charge is 0.269 e. The summed E-state index contributed by atoms with van der Waals surface area (Å²) >= 11 is 3.46. The molecule has 1 amide bonds. The lowest BCUT2D eigenvalue weighted by Gasteiger charge is -2.15. The third-order valence-electron chi connectivity index (χ3n) is 2.89. The largest absolute Gasteiger partial charge is 0.350 e. The van der Waals surface area contributed by atoms with Gasteiger partial charge in [-0.3, -0.25) is 4.79 Å². The molecule has 0 aliphatic rings. The summed E-state index contributed by atoms with van der Waals surface area (Å²) in [6.07, 6.45) is 3.39. The number of halogens is 1. The van der Waals surface area contributed by atoms with Crippen LogP contribution in [-0.2, 0) is 0 Å². The molecule has 1 aromatic rings. The Bertz CT molecular complexity index is 376. The van der Waals surface area contributed by atoms with Gasteiger partial charge in [0.2, 0.25) is 0 Å². The fourth-order valence-corrected chi connectivity index (χ4v) is 2.56. The Morgan fingerprint density at radius 3 is 2.83 bits per heavy atom. The summed E-state index contributed by atoms with van der Waals surface area (Å²) < 4.78 is 0. The monoisotopic (exact) mass is 312 g/mol. The van der Waals surface area contributed by atoms with Crippen LogP contribution in [0.3, 0.4) is 0 Å². The molecule has 4 heteroatoms. The number of hydrogen-bond acceptors (Lipinski definition) is 2. The van der Waals surface area contributed by atoms with Crippen LogP contribution in [-0.4, -0.2) is 22.8 Å². The summed E-state index contributed by atoms with van der Waals surface area (Å²) in [5.74, 6) is 0.470. The van der Waals surface area contributed by atoms with Crippen molar-refractivity contribution in [2.45, 2.75) is 33.1 Å². The van der Waals surface area contributed by atoms with Crippen molar-refractivity contribution < 1.29 is 4.79 Å². The Labute approximate surface area is 118 Å². The first-order valence-corrected chi connectivity index (χ1v) is 7.57. The highest BCUT2D eigenvalue weighted by molar-refractivity contribution is 9.09. The van der Waals surface area contributed by atoms with E-state index >= 15 is 0 Å². The molecule has 0 saturated carbocycles. The Morgan fingerprint density at radius 2 is 2.22 bits per heavy atom. The molecule has 18 heavy (non-hydrogen) atoms. The van der Waals surface area contributed by atoms with E-state index in [0.29, 0.717) is 11.6 Å². The molecule has 0 spiro atoms. The second-order valence-corrected chi connectivity index (χ2v) is 5.30. The van der Waals surface area contributed by atoms with E-state index in [1.54, 1.807) is 6.07 Å². The van der Waals surface area contributed by atoms with Gasteiger partial charge < -0.3 is 5.32 Å². The number of nitrogens with one attached hydrogen (secondary N) is 1. The molecular weight excluding hydrogens is 292 g/mol. The van der Waals surface area contributed by atoms with Crippen LogP contribution >= 0.6 is 15.9 Å². The van der Waals surface area contributed by atoms with Gasteiger partial charge in [-0.2, -0.15) is 0 Å². The third-order valence-corrected chi connectivity index (χ3v) is 3.34. The highest BCUT2D eigenvalue weighted by atomic mass is 79.9. The minimum absolute atomic E-state index is 0.0747. The molecule has 1 aromatic heterocycles. The van der Waals surface area contributed by atoms with Crippen LogP contribution in [0.2, 0.25) is 0 Å². The number of rotatable bonds is 7. The lowest BCUT2D eigenvalue weighted by molar-refractivity contribution is 0.0941. The zero-order chi connectivity index (χ0) is 13.4. The van der Waals surface area contributed by atoms with Gasteiger partial charge in [0.25, 0.3) is 5.91 Å². The van der Waals surface area contributed by atoms with Gasteiger partial charge in [-0.05, 0) is 37.8 Å².